The molecule has 0 bridgehead atoms. The molecule has 0 saturated carbocycles. The Morgan fingerprint density at radius 3 is 2.86 bits per heavy atom. The van der Waals surface area contributed by atoms with Gasteiger partial charge in [-0.25, -0.2) is 0 Å². The molecule has 1 amide bonds. The normalized spacial score (nSPS) is 11.5. The van der Waals surface area contributed by atoms with E-state index in [2.05, 4.69) is 5.32 Å². The smallest absolute Gasteiger partial charge is 0.244 e. The summed E-state index contributed by atoms with van der Waals surface area (Å²) in [5, 5.41) is 3.27. The number of hydrogen-bond donors (Lipinski definition) is 1. The van der Waals surface area contributed by atoms with Crippen molar-refractivity contribution in [1.82, 2.24) is 10.2 Å². The first-order chi connectivity index (χ1) is 10.5. The van der Waals surface area contributed by atoms with Gasteiger partial charge in [0.2, 0.25) is 5.91 Å². The van der Waals surface area contributed by atoms with Crippen molar-refractivity contribution in [3.63, 3.8) is 0 Å². The van der Waals surface area contributed by atoms with Gasteiger partial charge in [0.1, 0.15) is 11.8 Å². The number of amides is 1. The van der Waals surface area contributed by atoms with Gasteiger partial charge in [-0.05, 0) is 39.2 Å². The third kappa shape index (κ3) is 4.05. The molecule has 0 radical (unpaired) electrons. The fourth-order valence-electron chi connectivity index (χ4n) is 2.00. The molecule has 5 heteroatoms. The van der Waals surface area contributed by atoms with Crippen molar-refractivity contribution in [2.45, 2.75) is 6.92 Å². The lowest BCUT2D eigenvalue weighted by molar-refractivity contribution is -0.116. The first kappa shape index (κ1) is 16.0. The summed E-state index contributed by atoms with van der Waals surface area (Å²) in [6.45, 7) is 3.23. The van der Waals surface area contributed by atoms with Crippen LogP contribution in [0.2, 0.25) is 0 Å². The van der Waals surface area contributed by atoms with Crippen molar-refractivity contribution in [2.75, 3.05) is 27.2 Å². The van der Waals surface area contributed by atoms with Crippen molar-refractivity contribution in [2.24, 2.45) is 0 Å². The molecule has 0 spiro atoms. The molecule has 1 aromatic carbocycles. The zero-order valence-corrected chi connectivity index (χ0v) is 13.1. The standard InChI is InChI=1S/C17H20N2O3/c1-12-4-6-15-14(10-12)17(21)13(11-22-15)5-7-16(20)18-8-9-19(2)3/h4-7,10-11H,8-9H2,1-3H3,(H,18,20)/b7-5+. The molecule has 5 nitrogen and oxygen atoms in total. The Bertz CT molecular complexity index is 760. The van der Waals surface area contributed by atoms with E-state index < -0.39 is 0 Å². The predicted molar refractivity (Wildman–Crippen MR) is 87.8 cm³/mol. The Labute approximate surface area is 129 Å². The second-order valence-corrected chi connectivity index (χ2v) is 5.45. The highest BCUT2D eigenvalue weighted by atomic mass is 16.3. The summed E-state index contributed by atoms with van der Waals surface area (Å²) < 4.78 is 5.43. The lowest BCUT2D eigenvalue weighted by atomic mass is 10.1. The average molecular weight is 300 g/mol. The number of fused-ring (bicyclic) bond motifs is 1. The molecular formula is C17H20N2O3. The van der Waals surface area contributed by atoms with Gasteiger partial charge in [-0.2, -0.15) is 0 Å². The van der Waals surface area contributed by atoms with Crippen molar-refractivity contribution >= 4 is 23.0 Å². The molecular weight excluding hydrogens is 280 g/mol. The van der Waals surface area contributed by atoms with E-state index in [0.29, 0.717) is 23.1 Å². The first-order valence-electron chi connectivity index (χ1n) is 7.10. The zero-order chi connectivity index (χ0) is 16.1. The molecule has 0 saturated heterocycles. The fourth-order valence-corrected chi connectivity index (χ4v) is 2.00. The third-order valence-corrected chi connectivity index (χ3v) is 3.23. The predicted octanol–water partition coefficient (Wildman–Crippen LogP) is 1.79. The molecule has 0 fully saturated rings. The molecule has 2 aromatic rings. The van der Waals surface area contributed by atoms with Gasteiger partial charge in [0.25, 0.3) is 0 Å². The average Bonchev–Trinajstić information content (AvgIpc) is 2.47. The third-order valence-electron chi connectivity index (χ3n) is 3.23. The van der Waals surface area contributed by atoms with E-state index in [-0.39, 0.29) is 11.3 Å². The van der Waals surface area contributed by atoms with Gasteiger partial charge in [-0.1, -0.05) is 11.6 Å². The molecule has 0 atom stereocenters. The van der Waals surface area contributed by atoms with E-state index in [1.807, 2.05) is 32.0 Å². The fraction of sp³-hybridized carbons (Fsp3) is 0.294. The minimum Gasteiger partial charge on any atom is -0.463 e. The number of carbonyl (C=O) groups is 1. The van der Waals surface area contributed by atoms with Crippen molar-refractivity contribution in [1.29, 1.82) is 0 Å². The number of rotatable bonds is 5. The Morgan fingerprint density at radius 2 is 2.14 bits per heavy atom. The lowest BCUT2D eigenvalue weighted by Crippen LogP contribution is -2.30. The Morgan fingerprint density at radius 1 is 1.36 bits per heavy atom. The summed E-state index contributed by atoms with van der Waals surface area (Å²) in [7, 11) is 3.87. The number of aryl methyl sites for hydroxylation is 1. The van der Waals surface area contributed by atoms with E-state index >= 15 is 0 Å². The number of hydrogen-bond acceptors (Lipinski definition) is 4. The van der Waals surface area contributed by atoms with Crippen LogP contribution in [0, 0.1) is 6.92 Å². The van der Waals surface area contributed by atoms with Crippen LogP contribution in [0.3, 0.4) is 0 Å². The van der Waals surface area contributed by atoms with Crippen LogP contribution in [0.15, 0.2) is 39.7 Å². The Hall–Kier alpha value is -2.40. The molecule has 116 valence electrons. The molecule has 22 heavy (non-hydrogen) atoms. The van der Waals surface area contributed by atoms with Gasteiger partial charge in [0, 0.05) is 19.2 Å². The van der Waals surface area contributed by atoms with E-state index in [0.717, 1.165) is 12.1 Å². The SMILES string of the molecule is Cc1ccc2occ(/C=C/C(=O)NCCN(C)C)c(=O)c2c1. The maximum atomic E-state index is 12.3. The second-order valence-electron chi connectivity index (χ2n) is 5.45. The molecule has 1 aromatic heterocycles. The summed E-state index contributed by atoms with van der Waals surface area (Å²) in [5.41, 5.74) is 1.76. The molecule has 1 N–H and O–H groups in total. The summed E-state index contributed by atoms with van der Waals surface area (Å²) in [6, 6.07) is 5.45. The number of carbonyl (C=O) groups excluding carboxylic acids is 1. The molecule has 2 rings (SSSR count). The highest BCUT2D eigenvalue weighted by Gasteiger charge is 2.05. The van der Waals surface area contributed by atoms with Gasteiger partial charge in [-0.15, -0.1) is 0 Å². The van der Waals surface area contributed by atoms with Crippen LogP contribution in [0.25, 0.3) is 17.0 Å². The van der Waals surface area contributed by atoms with Crippen LogP contribution in [0.5, 0.6) is 0 Å². The van der Waals surface area contributed by atoms with Gasteiger partial charge in [-0.3, -0.25) is 9.59 Å². The van der Waals surface area contributed by atoms with Crippen LogP contribution in [0.4, 0.5) is 0 Å². The minimum absolute atomic E-state index is 0.137. The van der Waals surface area contributed by atoms with E-state index in [1.165, 1.54) is 18.4 Å². The van der Waals surface area contributed by atoms with Crippen LogP contribution in [-0.4, -0.2) is 38.0 Å². The number of likely N-dealkylation sites (N-methyl/N-ethyl adjacent to an activating group) is 1. The lowest BCUT2D eigenvalue weighted by Gasteiger charge is -2.08. The number of nitrogens with one attached hydrogen (secondary N) is 1. The molecule has 0 unspecified atom stereocenters. The maximum Gasteiger partial charge on any atom is 0.244 e. The molecule has 0 aliphatic heterocycles. The molecule has 0 aliphatic rings. The second kappa shape index (κ2) is 7.04. The first-order valence-corrected chi connectivity index (χ1v) is 7.10. The van der Waals surface area contributed by atoms with Crippen LogP contribution >= 0.6 is 0 Å². The van der Waals surface area contributed by atoms with Crippen LogP contribution in [-0.2, 0) is 4.79 Å². The largest absolute Gasteiger partial charge is 0.463 e. The van der Waals surface area contributed by atoms with Gasteiger partial charge in [0.15, 0.2) is 5.43 Å². The van der Waals surface area contributed by atoms with Crippen molar-refractivity contribution in [3.05, 3.63) is 51.9 Å². The quantitative estimate of drug-likeness (QED) is 0.855. The maximum absolute atomic E-state index is 12.3. The van der Waals surface area contributed by atoms with E-state index in [1.54, 1.807) is 12.1 Å². The number of benzene rings is 1. The van der Waals surface area contributed by atoms with Crippen LogP contribution in [0.1, 0.15) is 11.1 Å². The Kier molecular flexibility index (Phi) is 5.12. The highest BCUT2D eigenvalue weighted by molar-refractivity contribution is 5.92. The summed E-state index contributed by atoms with van der Waals surface area (Å²) >= 11 is 0. The van der Waals surface area contributed by atoms with E-state index in [9.17, 15) is 9.59 Å². The monoisotopic (exact) mass is 300 g/mol. The topological polar surface area (TPSA) is 62.6 Å². The minimum atomic E-state index is -0.231. The molecule has 1 heterocycles. The van der Waals surface area contributed by atoms with E-state index in [4.69, 9.17) is 4.42 Å². The van der Waals surface area contributed by atoms with Gasteiger partial charge < -0.3 is 14.6 Å². The summed E-state index contributed by atoms with van der Waals surface area (Å²) in [5.74, 6) is -0.231. The summed E-state index contributed by atoms with van der Waals surface area (Å²) in [6.07, 6.45) is 4.21. The van der Waals surface area contributed by atoms with Crippen LogP contribution < -0.4 is 10.7 Å². The zero-order valence-electron chi connectivity index (χ0n) is 13.1. The van der Waals surface area contributed by atoms with Crippen molar-refractivity contribution in [3.8, 4) is 0 Å². The number of nitrogens with zero attached hydrogens (tertiary/aromatic N) is 1. The van der Waals surface area contributed by atoms with Gasteiger partial charge in [0.05, 0.1) is 10.9 Å². The highest BCUT2D eigenvalue weighted by Crippen LogP contribution is 2.13. The molecule has 0 aliphatic carbocycles. The van der Waals surface area contributed by atoms with Crippen molar-refractivity contribution < 1.29 is 9.21 Å². The Balaban J connectivity index is 2.14. The van der Waals surface area contributed by atoms with Gasteiger partial charge >= 0.3 is 0 Å². The summed E-state index contributed by atoms with van der Waals surface area (Å²) in [4.78, 5) is 26.0.